The molecule has 2 aromatic carbocycles. The van der Waals surface area contributed by atoms with Gasteiger partial charge in [-0.05, 0) is 29.8 Å². The topological polar surface area (TPSA) is 54.3 Å². The minimum absolute atomic E-state index is 0.0723. The number of para-hydroxylation sites is 1. The summed E-state index contributed by atoms with van der Waals surface area (Å²) in [5.74, 6) is 1.49. The van der Waals surface area contributed by atoms with Crippen molar-refractivity contribution in [3.05, 3.63) is 54.1 Å². The lowest BCUT2D eigenvalue weighted by atomic mass is 10.0. The van der Waals surface area contributed by atoms with Crippen LogP contribution in [0.3, 0.4) is 0 Å². The second-order valence-corrected chi connectivity index (χ2v) is 4.54. The maximum atomic E-state index is 9.02. The summed E-state index contributed by atoms with van der Waals surface area (Å²) < 4.78 is 10.7. The molecule has 0 aliphatic carbocycles. The van der Waals surface area contributed by atoms with Crippen LogP contribution in [-0.4, -0.2) is 6.79 Å². The van der Waals surface area contributed by atoms with Gasteiger partial charge < -0.3 is 14.8 Å². The average Bonchev–Trinajstić information content (AvgIpc) is 2.95. The van der Waals surface area contributed by atoms with Gasteiger partial charge in [-0.1, -0.05) is 24.3 Å². The van der Waals surface area contributed by atoms with E-state index in [2.05, 4.69) is 11.4 Å². The molecule has 1 heterocycles. The average molecular weight is 266 g/mol. The van der Waals surface area contributed by atoms with E-state index < -0.39 is 0 Å². The summed E-state index contributed by atoms with van der Waals surface area (Å²) in [7, 11) is 0. The van der Waals surface area contributed by atoms with Crippen LogP contribution >= 0.6 is 0 Å². The SMILES string of the molecule is N#CC[C@H](Nc1ccccc1)c1ccc2c(c1)OCO2. The number of hydrogen-bond donors (Lipinski definition) is 1. The van der Waals surface area contributed by atoms with Crippen molar-refractivity contribution in [2.24, 2.45) is 0 Å². The van der Waals surface area contributed by atoms with Crippen molar-refractivity contribution in [1.29, 1.82) is 5.26 Å². The van der Waals surface area contributed by atoms with Crippen LogP contribution in [0.1, 0.15) is 18.0 Å². The Labute approximate surface area is 117 Å². The largest absolute Gasteiger partial charge is 0.454 e. The number of hydrogen-bond acceptors (Lipinski definition) is 4. The molecule has 1 N–H and O–H groups in total. The van der Waals surface area contributed by atoms with Gasteiger partial charge in [0.15, 0.2) is 11.5 Å². The molecule has 0 aromatic heterocycles. The lowest BCUT2D eigenvalue weighted by Crippen LogP contribution is -2.10. The van der Waals surface area contributed by atoms with E-state index in [0.717, 1.165) is 22.7 Å². The summed E-state index contributed by atoms with van der Waals surface area (Å²) in [6.07, 6.45) is 0.383. The minimum atomic E-state index is -0.0723. The first-order chi connectivity index (χ1) is 9.86. The number of nitrogens with zero attached hydrogens (tertiary/aromatic N) is 1. The van der Waals surface area contributed by atoms with E-state index in [-0.39, 0.29) is 12.8 Å². The summed E-state index contributed by atoms with van der Waals surface area (Å²) in [4.78, 5) is 0. The van der Waals surface area contributed by atoms with E-state index >= 15 is 0 Å². The fourth-order valence-corrected chi connectivity index (χ4v) is 2.21. The van der Waals surface area contributed by atoms with E-state index in [1.807, 2.05) is 48.5 Å². The summed E-state index contributed by atoms with van der Waals surface area (Å²) in [5, 5.41) is 12.4. The first-order valence-corrected chi connectivity index (χ1v) is 6.45. The van der Waals surface area contributed by atoms with Gasteiger partial charge in [0.1, 0.15) is 0 Å². The molecular weight excluding hydrogens is 252 g/mol. The molecule has 0 saturated carbocycles. The van der Waals surface area contributed by atoms with Crippen LogP contribution in [0.15, 0.2) is 48.5 Å². The van der Waals surface area contributed by atoms with Crippen LogP contribution in [0.5, 0.6) is 11.5 Å². The molecule has 3 rings (SSSR count). The predicted octanol–water partition coefficient (Wildman–Crippen LogP) is 3.48. The van der Waals surface area contributed by atoms with Crippen molar-refractivity contribution < 1.29 is 9.47 Å². The highest BCUT2D eigenvalue weighted by Gasteiger charge is 2.17. The van der Waals surface area contributed by atoms with Crippen molar-refractivity contribution in [2.75, 3.05) is 12.1 Å². The lowest BCUT2D eigenvalue weighted by Gasteiger charge is -2.18. The third-order valence-electron chi connectivity index (χ3n) is 3.21. The molecule has 0 bridgehead atoms. The van der Waals surface area contributed by atoms with Crippen LogP contribution in [0.25, 0.3) is 0 Å². The predicted molar refractivity (Wildman–Crippen MR) is 75.6 cm³/mol. The second-order valence-electron chi connectivity index (χ2n) is 4.54. The van der Waals surface area contributed by atoms with Crippen LogP contribution in [0.2, 0.25) is 0 Å². The fourth-order valence-electron chi connectivity index (χ4n) is 2.21. The highest BCUT2D eigenvalue weighted by molar-refractivity contribution is 5.49. The van der Waals surface area contributed by atoms with Crippen LogP contribution in [0.4, 0.5) is 5.69 Å². The Hall–Kier alpha value is -2.67. The van der Waals surface area contributed by atoms with Gasteiger partial charge in [-0.25, -0.2) is 0 Å². The van der Waals surface area contributed by atoms with Crippen molar-refractivity contribution >= 4 is 5.69 Å². The van der Waals surface area contributed by atoms with Crippen molar-refractivity contribution in [3.8, 4) is 17.6 Å². The Balaban J connectivity index is 1.85. The van der Waals surface area contributed by atoms with Gasteiger partial charge in [0.2, 0.25) is 6.79 Å². The standard InChI is InChI=1S/C16H14N2O2/c17-9-8-14(18-13-4-2-1-3-5-13)12-6-7-15-16(10-12)20-11-19-15/h1-7,10,14,18H,8,11H2/t14-/m0/s1. The quantitative estimate of drug-likeness (QED) is 0.920. The number of fused-ring (bicyclic) bond motifs is 1. The molecule has 0 radical (unpaired) electrons. The Morgan fingerprint density at radius 3 is 2.70 bits per heavy atom. The van der Waals surface area contributed by atoms with Gasteiger partial charge in [-0.15, -0.1) is 0 Å². The molecule has 1 atom stereocenters. The number of nitriles is 1. The number of rotatable bonds is 4. The van der Waals surface area contributed by atoms with Gasteiger partial charge >= 0.3 is 0 Å². The van der Waals surface area contributed by atoms with Crippen molar-refractivity contribution in [3.63, 3.8) is 0 Å². The van der Waals surface area contributed by atoms with Gasteiger partial charge in [-0.2, -0.15) is 5.26 Å². The molecule has 4 heteroatoms. The molecule has 0 fully saturated rings. The zero-order valence-electron chi connectivity index (χ0n) is 10.9. The maximum absolute atomic E-state index is 9.02. The van der Waals surface area contributed by atoms with E-state index in [1.165, 1.54) is 0 Å². The van der Waals surface area contributed by atoms with Crippen LogP contribution in [-0.2, 0) is 0 Å². The molecular formula is C16H14N2O2. The smallest absolute Gasteiger partial charge is 0.231 e. The summed E-state index contributed by atoms with van der Waals surface area (Å²) >= 11 is 0. The molecule has 0 saturated heterocycles. The molecule has 4 nitrogen and oxygen atoms in total. The Bertz CT molecular complexity index is 635. The van der Waals surface area contributed by atoms with Crippen LogP contribution < -0.4 is 14.8 Å². The van der Waals surface area contributed by atoms with Gasteiger partial charge in [0.05, 0.1) is 18.5 Å². The molecule has 0 unspecified atom stereocenters. The van der Waals surface area contributed by atoms with Gasteiger partial charge in [0.25, 0.3) is 0 Å². The molecule has 0 amide bonds. The number of anilines is 1. The number of nitrogens with one attached hydrogen (secondary N) is 1. The Kier molecular flexibility index (Phi) is 3.42. The highest BCUT2D eigenvalue weighted by atomic mass is 16.7. The van der Waals surface area contributed by atoms with Gasteiger partial charge in [0, 0.05) is 5.69 Å². The Morgan fingerprint density at radius 1 is 1.10 bits per heavy atom. The minimum Gasteiger partial charge on any atom is -0.454 e. The zero-order valence-corrected chi connectivity index (χ0v) is 10.9. The first-order valence-electron chi connectivity index (χ1n) is 6.45. The second kappa shape index (κ2) is 5.54. The third kappa shape index (κ3) is 2.52. The number of ether oxygens (including phenoxy) is 2. The molecule has 100 valence electrons. The normalized spacial score (nSPS) is 13.6. The Morgan fingerprint density at radius 2 is 1.90 bits per heavy atom. The monoisotopic (exact) mass is 266 g/mol. The number of benzene rings is 2. The highest BCUT2D eigenvalue weighted by Crippen LogP contribution is 2.35. The molecule has 20 heavy (non-hydrogen) atoms. The van der Waals surface area contributed by atoms with E-state index in [0.29, 0.717) is 6.42 Å². The van der Waals surface area contributed by atoms with Crippen LogP contribution in [0, 0.1) is 11.3 Å². The van der Waals surface area contributed by atoms with Crippen molar-refractivity contribution in [2.45, 2.75) is 12.5 Å². The molecule has 0 spiro atoms. The lowest BCUT2D eigenvalue weighted by molar-refractivity contribution is 0.174. The van der Waals surface area contributed by atoms with E-state index in [1.54, 1.807) is 0 Å². The summed E-state index contributed by atoms with van der Waals surface area (Å²) in [6, 6.07) is 17.8. The van der Waals surface area contributed by atoms with Crippen molar-refractivity contribution in [1.82, 2.24) is 0 Å². The summed E-state index contributed by atoms with van der Waals surface area (Å²) in [5.41, 5.74) is 2.00. The van der Waals surface area contributed by atoms with E-state index in [9.17, 15) is 0 Å². The fraction of sp³-hybridized carbons (Fsp3) is 0.188. The zero-order chi connectivity index (χ0) is 13.8. The first kappa shape index (κ1) is 12.4. The molecule has 1 aliphatic rings. The van der Waals surface area contributed by atoms with Gasteiger partial charge in [-0.3, -0.25) is 0 Å². The maximum Gasteiger partial charge on any atom is 0.231 e. The molecule has 2 aromatic rings. The third-order valence-corrected chi connectivity index (χ3v) is 3.21. The van der Waals surface area contributed by atoms with E-state index in [4.69, 9.17) is 14.7 Å². The summed E-state index contributed by atoms with van der Waals surface area (Å²) in [6.45, 7) is 0.258. The molecule has 1 aliphatic heterocycles.